The molecule has 0 bridgehead atoms. The van der Waals surface area contributed by atoms with Gasteiger partial charge in [0.1, 0.15) is 0 Å². The Hall–Kier alpha value is -1.14. The fourth-order valence-electron chi connectivity index (χ4n) is 2.14. The Bertz CT molecular complexity index is 624. The molecular formula is C13H12Cl2N2O3. The zero-order valence-electron chi connectivity index (χ0n) is 10.7. The van der Waals surface area contributed by atoms with E-state index in [-0.39, 0.29) is 0 Å². The topological polar surface area (TPSA) is 57.4 Å². The van der Waals surface area contributed by atoms with Gasteiger partial charge >= 0.3 is 0 Å². The molecule has 0 aliphatic carbocycles. The number of ether oxygens (including phenoxy) is 2. The number of rotatable bonds is 3. The van der Waals surface area contributed by atoms with Gasteiger partial charge in [-0.1, -0.05) is 23.2 Å². The summed E-state index contributed by atoms with van der Waals surface area (Å²) < 4.78 is 16.6. The van der Waals surface area contributed by atoms with Crippen LogP contribution in [0.4, 0.5) is 0 Å². The van der Waals surface area contributed by atoms with Gasteiger partial charge in [0.25, 0.3) is 5.89 Å². The van der Waals surface area contributed by atoms with Crippen molar-refractivity contribution in [1.82, 2.24) is 10.2 Å². The second-order valence-electron chi connectivity index (χ2n) is 4.54. The lowest BCUT2D eigenvalue weighted by molar-refractivity contribution is -0.0407. The molecule has 1 aliphatic rings. The van der Waals surface area contributed by atoms with Crippen LogP contribution in [-0.2, 0) is 15.1 Å². The number of aromatic nitrogens is 2. The molecule has 0 N–H and O–H groups in total. The minimum absolute atomic E-state index is 0.316. The number of benzene rings is 1. The Kier molecular flexibility index (Phi) is 3.69. The summed E-state index contributed by atoms with van der Waals surface area (Å²) in [6.07, 6.45) is 0.675. The highest BCUT2D eigenvalue weighted by Crippen LogP contribution is 2.36. The van der Waals surface area contributed by atoms with E-state index in [0.29, 0.717) is 47.0 Å². The largest absolute Gasteiger partial charge is 0.417 e. The van der Waals surface area contributed by atoms with Crippen molar-refractivity contribution in [2.24, 2.45) is 0 Å². The van der Waals surface area contributed by atoms with Gasteiger partial charge in [0.15, 0.2) is 5.60 Å². The molecule has 5 nitrogen and oxygen atoms in total. The molecule has 0 spiro atoms. The van der Waals surface area contributed by atoms with Gasteiger partial charge < -0.3 is 13.9 Å². The number of methoxy groups -OCH3 is 1. The smallest absolute Gasteiger partial charge is 0.251 e. The molecule has 1 unspecified atom stereocenters. The van der Waals surface area contributed by atoms with Gasteiger partial charge in [0.05, 0.1) is 23.8 Å². The van der Waals surface area contributed by atoms with Gasteiger partial charge in [-0.2, -0.15) is 0 Å². The predicted molar refractivity (Wildman–Crippen MR) is 73.9 cm³/mol. The van der Waals surface area contributed by atoms with Crippen LogP contribution in [0, 0.1) is 0 Å². The van der Waals surface area contributed by atoms with Crippen molar-refractivity contribution in [2.45, 2.75) is 12.0 Å². The second kappa shape index (κ2) is 5.33. The molecule has 2 aromatic rings. The van der Waals surface area contributed by atoms with Crippen LogP contribution in [0.15, 0.2) is 22.6 Å². The van der Waals surface area contributed by atoms with Crippen LogP contribution < -0.4 is 0 Å². The lowest BCUT2D eigenvalue weighted by Crippen LogP contribution is -2.29. The Balaban J connectivity index is 2.00. The maximum atomic E-state index is 6.13. The third-order valence-electron chi connectivity index (χ3n) is 3.35. The molecule has 1 atom stereocenters. The molecule has 7 heteroatoms. The van der Waals surface area contributed by atoms with Crippen molar-refractivity contribution in [2.75, 3.05) is 20.3 Å². The summed E-state index contributed by atoms with van der Waals surface area (Å²) >= 11 is 12.1. The third kappa shape index (κ3) is 2.31. The highest BCUT2D eigenvalue weighted by atomic mass is 35.5. The zero-order valence-corrected chi connectivity index (χ0v) is 12.2. The van der Waals surface area contributed by atoms with Crippen LogP contribution in [0.5, 0.6) is 0 Å². The van der Waals surface area contributed by atoms with Gasteiger partial charge in [-0.15, -0.1) is 10.2 Å². The van der Waals surface area contributed by atoms with Crippen molar-refractivity contribution in [3.63, 3.8) is 0 Å². The van der Waals surface area contributed by atoms with Gasteiger partial charge in [-0.05, 0) is 18.2 Å². The lowest BCUT2D eigenvalue weighted by atomic mass is 10.0. The molecule has 0 radical (unpaired) electrons. The molecule has 0 amide bonds. The first-order valence-electron chi connectivity index (χ1n) is 6.07. The maximum Gasteiger partial charge on any atom is 0.251 e. The first kappa shape index (κ1) is 13.8. The molecule has 1 aliphatic heterocycles. The third-order valence-corrected chi connectivity index (χ3v) is 3.91. The fraction of sp³-hybridized carbons (Fsp3) is 0.385. The van der Waals surface area contributed by atoms with Gasteiger partial charge in [-0.25, -0.2) is 0 Å². The Morgan fingerprint density at radius 1 is 1.30 bits per heavy atom. The van der Waals surface area contributed by atoms with E-state index < -0.39 is 5.60 Å². The average molecular weight is 315 g/mol. The quantitative estimate of drug-likeness (QED) is 0.870. The van der Waals surface area contributed by atoms with E-state index in [0.717, 1.165) is 0 Å². The molecule has 1 saturated heterocycles. The molecule has 20 heavy (non-hydrogen) atoms. The number of hydrogen-bond donors (Lipinski definition) is 0. The van der Waals surface area contributed by atoms with Crippen molar-refractivity contribution < 1.29 is 13.9 Å². The minimum atomic E-state index is -0.670. The monoisotopic (exact) mass is 314 g/mol. The van der Waals surface area contributed by atoms with Gasteiger partial charge in [-0.3, -0.25) is 0 Å². The molecule has 2 heterocycles. The molecule has 1 aromatic carbocycles. The summed E-state index contributed by atoms with van der Waals surface area (Å²) in [4.78, 5) is 0. The van der Waals surface area contributed by atoms with Crippen LogP contribution in [0.25, 0.3) is 11.5 Å². The zero-order chi connectivity index (χ0) is 14.2. The molecule has 1 aromatic heterocycles. The van der Waals surface area contributed by atoms with E-state index >= 15 is 0 Å². The predicted octanol–water partition coefficient (Wildman–Crippen LogP) is 3.31. The number of nitrogens with zero attached hydrogens (tertiary/aromatic N) is 2. The number of hydrogen-bond acceptors (Lipinski definition) is 5. The van der Waals surface area contributed by atoms with E-state index in [9.17, 15) is 0 Å². The highest BCUT2D eigenvalue weighted by Gasteiger charge is 2.42. The summed E-state index contributed by atoms with van der Waals surface area (Å²) in [5.74, 6) is 0.708. The molecule has 1 fully saturated rings. The van der Waals surface area contributed by atoms with Crippen LogP contribution in [0.3, 0.4) is 0 Å². The van der Waals surface area contributed by atoms with Crippen molar-refractivity contribution in [1.29, 1.82) is 0 Å². The second-order valence-corrected chi connectivity index (χ2v) is 5.38. The summed E-state index contributed by atoms with van der Waals surface area (Å²) in [5.41, 5.74) is -0.0703. The minimum Gasteiger partial charge on any atom is -0.417 e. The van der Waals surface area contributed by atoms with Crippen LogP contribution in [0.2, 0.25) is 10.0 Å². The molecule has 106 valence electrons. The van der Waals surface area contributed by atoms with Crippen LogP contribution in [0.1, 0.15) is 12.3 Å². The Labute approximate surface area is 125 Å². The summed E-state index contributed by atoms with van der Waals surface area (Å²) in [6, 6.07) is 5.08. The van der Waals surface area contributed by atoms with E-state index in [4.69, 9.17) is 37.1 Å². The highest BCUT2D eigenvalue weighted by molar-refractivity contribution is 6.35. The SMILES string of the molecule is COC1(c2nnc(-c3cc(Cl)ccc3Cl)o2)CCOC1. The Morgan fingerprint density at radius 2 is 2.15 bits per heavy atom. The van der Waals surface area contributed by atoms with E-state index in [1.54, 1.807) is 25.3 Å². The first-order chi connectivity index (χ1) is 9.64. The molecule has 3 rings (SSSR count). The fourth-order valence-corrected chi connectivity index (χ4v) is 2.51. The average Bonchev–Trinajstić information content (AvgIpc) is 3.10. The van der Waals surface area contributed by atoms with E-state index in [1.807, 2.05) is 0 Å². The van der Waals surface area contributed by atoms with Crippen LogP contribution >= 0.6 is 23.2 Å². The molecule has 0 saturated carbocycles. The summed E-state index contributed by atoms with van der Waals surface area (Å²) in [5, 5.41) is 9.15. The van der Waals surface area contributed by atoms with Gasteiger partial charge in [0, 0.05) is 18.6 Å². The lowest BCUT2D eigenvalue weighted by Gasteiger charge is -2.20. The standard InChI is InChI=1S/C13H12Cl2N2O3/c1-18-13(4-5-19-7-13)12-17-16-11(20-12)9-6-8(14)2-3-10(9)15/h2-3,6H,4-5,7H2,1H3. The normalized spacial score (nSPS) is 22.4. The van der Waals surface area contributed by atoms with Crippen molar-refractivity contribution >= 4 is 23.2 Å². The Morgan fingerprint density at radius 3 is 2.85 bits per heavy atom. The van der Waals surface area contributed by atoms with Crippen molar-refractivity contribution in [3.05, 3.63) is 34.1 Å². The summed E-state index contributed by atoms with van der Waals surface area (Å²) in [6.45, 7) is 0.998. The van der Waals surface area contributed by atoms with Gasteiger partial charge in [0.2, 0.25) is 5.89 Å². The van der Waals surface area contributed by atoms with Crippen molar-refractivity contribution in [3.8, 4) is 11.5 Å². The van der Waals surface area contributed by atoms with E-state index in [2.05, 4.69) is 10.2 Å². The molecular weight excluding hydrogens is 303 g/mol. The van der Waals surface area contributed by atoms with Crippen LogP contribution in [-0.4, -0.2) is 30.5 Å². The number of halogens is 2. The van der Waals surface area contributed by atoms with E-state index in [1.165, 1.54) is 0 Å². The summed E-state index contributed by atoms with van der Waals surface area (Å²) in [7, 11) is 1.60. The maximum absolute atomic E-state index is 6.13. The first-order valence-corrected chi connectivity index (χ1v) is 6.82.